The number of ether oxygens (including phenoxy) is 2. The fourth-order valence-corrected chi connectivity index (χ4v) is 4.37. The van der Waals surface area contributed by atoms with Crippen molar-refractivity contribution in [3.05, 3.63) is 83.6 Å². The van der Waals surface area contributed by atoms with Gasteiger partial charge in [0, 0.05) is 29.6 Å². The van der Waals surface area contributed by atoms with E-state index in [1.807, 2.05) is 36.4 Å². The molecule has 1 fully saturated rings. The van der Waals surface area contributed by atoms with Gasteiger partial charge in [-0.25, -0.2) is 0 Å². The summed E-state index contributed by atoms with van der Waals surface area (Å²) in [4.78, 5) is 12.0. The van der Waals surface area contributed by atoms with Crippen LogP contribution in [0, 0.1) is 5.92 Å². The Labute approximate surface area is 211 Å². The first kappa shape index (κ1) is 23.9. The first-order valence-electron chi connectivity index (χ1n) is 12.6. The largest absolute Gasteiger partial charge is 0.488 e. The lowest BCUT2D eigenvalue weighted by Crippen LogP contribution is -2.09. The van der Waals surface area contributed by atoms with Crippen LogP contribution in [0.2, 0.25) is 0 Å². The third-order valence-electron chi connectivity index (χ3n) is 6.52. The lowest BCUT2D eigenvalue weighted by molar-refractivity contribution is -0.142. The summed E-state index contributed by atoms with van der Waals surface area (Å²) in [5.41, 5.74) is 12.8. The van der Waals surface area contributed by atoms with Crippen LogP contribution in [-0.2, 0) is 29.1 Å². The zero-order valence-electron chi connectivity index (χ0n) is 20.6. The molecule has 0 saturated heterocycles. The molecule has 0 aliphatic heterocycles. The highest BCUT2D eigenvalue weighted by Gasteiger charge is 2.22. The van der Waals surface area contributed by atoms with Crippen LogP contribution in [0.4, 0.5) is 5.69 Å². The second kappa shape index (κ2) is 10.9. The molecular weight excluding hydrogens is 452 g/mol. The Balaban J connectivity index is 1.45. The summed E-state index contributed by atoms with van der Waals surface area (Å²) in [6, 6.07) is 20.2. The summed E-state index contributed by atoms with van der Waals surface area (Å²) in [6.45, 7) is 3.92. The lowest BCUT2D eigenvalue weighted by atomic mass is 9.99. The minimum absolute atomic E-state index is 0.174. The topological polar surface area (TPSA) is 86.7 Å². The molecule has 0 amide bonds. The second-order valence-electron chi connectivity index (χ2n) is 9.27. The van der Waals surface area contributed by atoms with Crippen LogP contribution < -0.4 is 15.8 Å². The maximum Gasteiger partial charge on any atom is 0.310 e. The molecule has 186 valence electrons. The lowest BCUT2D eigenvalue weighted by Gasteiger charge is -2.12. The molecule has 4 aromatic rings. The van der Waals surface area contributed by atoms with Crippen LogP contribution in [0.5, 0.6) is 5.75 Å². The molecule has 6 nitrogen and oxygen atoms in total. The SMILES string of the molecule is CCOC(=O)Cc1ccccc1OCc1coc2c(NCC3CC3)cc(-c3cccc(CN)c3)cc12. The molecule has 1 aromatic heterocycles. The summed E-state index contributed by atoms with van der Waals surface area (Å²) in [7, 11) is 0. The fourth-order valence-electron chi connectivity index (χ4n) is 4.37. The predicted molar refractivity (Wildman–Crippen MR) is 142 cm³/mol. The number of nitrogens with one attached hydrogen (secondary N) is 1. The number of fused-ring (bicyclic) bond motifs is 1. The first-order valence-corrected chi connectivity index (χ1v) is 12.6. The van der Waals surface area contributed by atoms with E-state index in [9.17, 15) is 4.79 Å². The van der Waals surface area contributed by atoms with Gasteiger partial charge < -0.3 is 24.9 Å². The van der Waals surface area contributed by atoms with Crippen LogP contribution in [-0.4, -0.2) is 19.1 Å². The van der Waals surface area contributed by atoms with Gasteiger partial charge in [-0.3, -0.25) is 4.79 Å². The van der Waals surface area contributed by atoms with Gasteiger partial charge in [0.15, 0.2) is 5.58 Å². The van der Waals surface area contributed by atoms with E-state index in [2.05, 4.69) is 29.6 Å². The van der Waals surface area contributed by atoms with Gasteiger partial charge in [0.2, 0.25) is 0 Å². The second-order valence-corrected chi connectivity index (χ2v) is 9.27. The summed E-state index contributed by atoms with van der Waals surface area (Å²) in [5.74, 6) is 1.13. The molecule has 3 N–H and O–H groups in total. The highest BCUT2D eigenvalue weighted by Crippen LogP contribution is 2.36. The van der Waals surface area contributed by atoms with E-state index in [1.165, 1.54) is 12.8 Å². The van der Waals surface area contributed by atoms with Crippen molar-refractivity contribution in [2.75, 3.05) is 18.5 Å². The molecule has 1 heterocycles. The van der Waals surface area contributed by atoms with E-state index in [4.69, 9.17) is 19.6 Å². The van der Waals surface area contributed by atoms with E-state index >= 15 is 0 Å². The number of para-hydroxylation sites is 1. The van der Waals surface area contributed by atoms with E-state index in [0.717, 1.165) is 56.9 Å². The third kappa shape index (κ3) is 5.55. The summed E-state index contributed by atoms with van der Waals surface area (Å²) < 4.78 is 17.4. The van der Waals surface area contributed by atoms with E-state index in [0.29, 0.717) is 25.5 Å². The van der Waals surface area contributed by atoms with Gasteiger partial charge >= 0.3 is 5.97 Å². The molecule has 5 rings (SSSR count). The minimum Gasteiger partial charge on any atom is -0.488 e. The molecule has 3 aromatic carbocycles. The Morgan fingerprint density at radius 1 is 1.06 bits per heavy atom. The highest BCUT2D eigenvalue weighted by atomic mass is 16.5. The molecule has 1 aliphatic rings. The van der Waals surface area contributed by atoms with Crippen LogP contribution in [0.25, 0.3) is 22.1 Å². The Bertz CT molecular complexity index is 1360. The fraction of sp³-hybridized carbons (Fsp3) is 0.300. The maximum absolute atomic E-state index is 12.0. The number of furan rings is 1. The number of esters is 1. The van der Waals surface area contributed by atoms with Crippen molar-refractivity contribution in [3.8, 4) is 16.9 Å². The zero-order valence-corrected chi connectivity index (χ0v) is 20.6. The van der Waals surface area contributed by atoms with Crippen LogP contribution >= 0.6 is 0 Å². The average Bonchev–Trinajstić information content (AvgIpc) is 3.64. The van der Waals surface area contributed by atoms with Crippen LogP contribution in [0.1, 0.15) is 36.5 Å². The number of benzene rings is 3. The molecule has 0 bridgehead atoms. The number of rotatable bonds is 11. The molecule has 0 atom stereocenters. The smallest absolute Gasteiger partial charge is 0.310 e. The highest BCUT2D eigenvalue weighted by molar-refractivity contribution is 5.96. The summed E-state index contributed by atoms with van der Waals surface area (Å²) in [6.07, 6.45) is 4.49. The van der Waals surface area contributed by atoms with Gasteiger partial charge in [-0.05, 0) is 66.6 Å². The summed E-state index contributed by atoms with van der Waals surface area (Å²) in [5, 5.41) is 4.61. The van der Waals surface area contributed by atoms with Crippen molar-refractivity contribution in [2.45, 2.75) is 39.3 Å². The van der Waals surface area contributed by atoms with Crippen molar-refractivity contribution >= 4 is 22.6 Å². The normalized spacial score (nSPS) is 13.1. The average molecular weight is 485 g/mol. The number of carbonyl (C=O) groups is 1. The Hall–Kier alpha value is -3.77. The van der Waals surface area contributed by atoms with Crippen molar-refractivity contribution in [3.63, 3.8) is 0 Å². The monoisotopic (exact) mass is 484 g/mol. The molecule has 0 radical (unpaired) electrons. The molecular formula is C30H32N2O4. The van der Waals surface area contributed by atoms with E-state index in [1.54, 1.807) is 13.2 Å². The summed E-state index contributed by atoms with van der Waals surface area (Å²) >= 11 is 0. The first-order chi connectivity index (χ1) is 17.6. The Morgan fingerprint density at radius 3 is 2.72 bits per heavy atom. The van der Waals surface area contributed by atoms with E-state index in [-0.39, 0.29) is 12.4 Å². The number of hydrogen-bond donors (Lipinski definition) is 2. The van der Waals surface area contributed by atoms with E-state index < -0.39 is 0 Å². The van der Waals surface area contributed by atoms with Crippen LogP contribution in [0.15, 0.2) is 71.3 Å². The van der Waals surface area contributed by atoms with Gasteiger partial charge in [-0.2, -0.15) is 0 Å². The third-order valence-corrected chi connectivity index (χ3v) is 6.52. The molecule has 6 heteroatoms. The molecule has 0 spiro atoms. The minimum atomic E-state index is -0.266. The van der Waals surface area contributed by atoms with Crippen molar-refractivity contribution in [2.24, 2.45) is 11.7 Å². The zero-order chi connectivity index (χ0) is 24.9. The number of nitrogens with two attached hydrogens (primary N) is 1. The standard InChI is InChI=1S/C30H32N2O4/c1-2-34-29(33)15-23-7-3-4-9-28(23)35-18-25-19-36-30-26(25)13-24(14-27(30)32-17-20-10-11-20)22-8-5-6-21(12-22)16-31/h3-9,12-14,19-20,32H,2,10-11,15-18,31H2,1H3. The molecule has 36 heavy (non-hydrogen) atoms. The maximum atomic E-state index is 12.0. The number of carbonyl (C=O) groups excluding carboxylic acids is 1. The predicted octanol–water partition coefficient (Wildman–Crippen LogP) is 6.07. The van der Waals surface area contributed by atoms with Gasteiger partial charge in [-0.1, -0.05) is 36.4 Å². The molecule has 1 saturated carbocycles. The number of hydrogen-bond acceptors (Lipinski definition) is 6. The van der Waals surface area contributed by atoms with Gasteiger partial charge in [0.1, 0.15) is 12.4 Å². The van der Waals surface area contributed by atoms with Gasteiger partial charge in [-0.15, -0.1) is 0 Å². The number of anilines is 1. The van der Waals surface area contributed by atoms with Crippen molar-refractivity contribution < 1.29 is 18.7 Å². The Kier molecular flexibility index (Phi) is 7.23. The van der Waals surface area contributed by atoms with Gasteiger partial charge in [0.25, 0.3) is 0 Å². The van der Waals surface area contributed by atoms with Crippen LogP contribution in [0.3, 0.4) is 0 Å². The molecule has 0 unspecified atom stereocenters. The van der Waals surface area contributed by atoms with Crippen molar-refractivity contribution in [1.29, 1.82) is 0 Å². The van der Waals surface area contributed by atoms with Gasteiger partial charge in [0.05, 0.1) is 25.0 Å². The quantitative estimate of drug-likeness (QED) is 0.252. The van der Waals surface area contributed by atoms with Crippen molar-refractivity contribution in [1.82, 2.24) is 0 Å². The molecule has 1 aliphatic carbocycles. The Morgan fingerprint density at radius 2 is 1.92 bits per heavy atom.